The third-order valence-corrected chi connectivity index (χ3v) is 2.98. The molecule has 1 atom stereocenters. The van der Waals surface area contributed by atoms with Crippen molar-refractivity contribution < 1.29 is 22.6 Å². The molecule has 0 spiro atoms. The fourth-order valence-corrected chi connectivity index (χ4v) is 2.00. The van der Waals surface area contributed by atoms with Crippen molar-refractivity contribution in [3.8, 4) is 5.75 Å². The molecule has 18 heavy (non-hydrogen) atoms. The Morgan fingerprint density at radius 2 is 2.17 bits per heavy atom. The second-order valence-electron chi connectivity index (χ2n) is 4.06. The number of halogens is 4. The monoisotopic (exact) mass is 280 g/mol. The predicted molar refractivity (Wildman–Crippen MR) is 61.1 cm³/mol. The van der Waals surface area contributed by atoms with Gasteiger partial charge < -0.3 is 9.47 Å². The lowest BCUT2D eigenvalue weighted by molar-refractivity contribution is -0.173. The van der Waals surface area contributed by atoms with Gasteiger partial charge in [0.15, 0.2) is 0 Å². The zero-order valence-electron chi connectivity index (χ0n) is 9.47. The van der Waals surface area contributed by atoms with Gasteiger partial charge in [-0.15, -0.1) is 11.6 Å². The molecular weight excluding hydrogens is 269 g/mol. The van der Waals surface area contributed by atoms with E-state index in [9.17, 15) is 13.2 Å². The van der Waals surface area contributed by atoms with Crippen molar-refractivity contribution in [3.05, 3.63) is 29.3 Å². The topological polar surface area (TPSA) is 18.5 Å². The van der Waals surface area contributed by atoms with Crippen LogP contribution in [-0.2, 0) is 11.2 Å². The summed E-state index contributed by atoms with van der Waals surface area (Å²) in [6.07, 6.45) is -3.52. The molecule has 0 fully saturated rings. The van der Waals surface area contributed by atoms with Crippen molar-refractivity contribution in [2.75, 3.05) is 19.8 Å². The molecule has 2 rings (SSSR count). The van der Waals surface area contributed by atoms with Gasteiger partial charge in [-0.25, -0.2) is 0 Å². The molecule has 1 aromatic rings. The second-order valence-corrected chi connectivity index (χ2v) is 4.59. The van der Waals surface area contributed by atoms with E-state index >= 15 is 0 Å². The Morgan fingerprint density at radius 1 is 1.39 bits per heavy atom. The van der Waals surface area contributed by atoms with Crippen LogP contribution in [0.15, 0.2) is 18.2 Å². The van der Waals surface area contributed by atoms with Gasteiger partial charge in [0.2, 0.25) is 0 Å². The molecule has 0 aliphatic carbocycles. The largest absolute Gasteiger partial charge is 0.493 e. The molecule has 6 heteroatoms. The van der Waals surface area contributed by atoms with Gasteiger partial charge in [0, 0.05) is 6.42 Å². The van der Waals surface area contributed by atoms with Crippen LogP contribution in [0.5, 0.6) is 5.75 Å². The third-order valence-electron chi connectivity index (χ3n) is 2.61. The zero-order valence-corrected chi connectivity index (χ0v) is 10.2. The lowest BCUT2D eigenvalue weighted by Gasteiger charge is -2.13. The van der Waals surface area contributed by atoms with Crippen LogP contribution in [0.4, 0.5) is 13.2 Å². The quantitative estimate of drug-likeness (QED) is 0.786. The maximum atomic E-state index is 11.9. The predicted octanol–water partition coefficient (Wildman–Crippen LogP) is 3.48. The highest BCUT2D eigenvalue weighted by Crippen LogP contribution is 2.30. The number of alkyl halides is 4. The summed E-state index contributed by atoms with van der Waals surface area (Å²) in [7, 11) is 0. The Kier molecular flexibility index (Phi) is 4.02. The minimum atomic E-state index is -4.32. The van der Waals surface area contributed by atoms with Crippen molar-refractivity contribution in [1.29, 1.82) is 0 Å². The highest BCUT2D eigenvalue weighted by atomic mass is 35.5. The van der Waals surface area contributed by atoms with E-state index in [4.69, 9.17) is 16.3 Å². The molecule has 0 radical (unpaired) electrons. The van der Waals surface area contributed by atoms with Crippen molar-refractivity contribution in [1.82, 2.24) is 0 Å². The third kappa shape index (κ3) is 3.53. The van der Waals surface area contributed by atoms with Gasteiger partial charge in [0.05, 0.1) is 18.6 Å². The first kappa shape index (κ1) is 13.5. The summed E-state index contributed by atoms with van der Waals surface area (Å²) in [4.78, 5) is 0. The SMILES string of the molecule is FC(F)(F)COCC(Cl)c1ccc2c(c1)CCO2. The summed E-state index contributed by atoms with van der Waals surface area (Å²) < 4.78 is 45.6. The van der Waals surface area contributed by atoms with Crippen molar-refractivity contribution in [2.45, 2.75) is 18.0 Å². The highest BCUT2D eigenvalue weighted by Gasteiger charge is 2.28. The first-order valence-electron chi connectivity index (χ1n) is 5.50. The van der Waals surface area contributed by atoms with E-state index in [2.05, 4.69) is 4.74 Å². The Hall–Kier alpha value is -0.940. The molecule has 100 valence electrons. The molecule has 0 amide bonds. The van der Waals surface area contributed by atoms with E-state index in [1.165, 1.54) is 0 Å². The lowest BCUT2D eigenvalue weighted by Crippen LogP contribution is -2.18. The maximum Gasteiger partial charge on any atom is 0.411 e. The van der Waals surface area contributed by atoms with E-state index in [1.807, 2.05) is 6.07 Å². The van der Waals surface area contributed by atoms with Gasteiger partial charge in [-0.3, -0.25) is 0 Å². The van der Waals surface area contributed by atoms with E-state index in [-0.39, 0.29) is 6.61 Å². The fraction of sp³-hybridized carbons (Fsp3) is 0.500. The summed E-state index contributed by atoms with van der Waals surface area (Å²) in [6.45, 7) is -0.804. The summed E-state index contributed by atoms with van der Waals surface area (Å²) in [5.41, 5.74) is 1.79. The van der Waals surface area contributed by atoms with Crippen LogP contribution in [-0.4, -0.2) is 26.0 Å². The molecule has 0 aromatic heterocycles. The van der Waals surface area contributed by atoms with Gasteiger partial charge in [0.25, 0.3) is 0 Å². The van der Waals surface area contributed by atoms with Crippen molar-refractivity contribution in [3.63, 3.8) is 0 Å². The number of ether oxygens (including phenoxy) is 2. The zero-order chi connectivity index (χ0) is 13.2. The van der Waals surface area contributed by atoms with Gasteiger partial charge >= 0.3 is 6.18 Å². The molecule has 1 heterocycles. The summed E-state index contributed by atoms with van der Waals surface area (Å²) in [5, 5.41) is -0.585. The van der Waals surface area contributed by atoms with E-state index in [1.54, 1.807) is 12.1 Å². The molecule has 1 aromatic carbocycles. The standard InChI is InChI=1S/C12H12ClF3O2/c13-10(6-17-7-12(14,15)16)8-1-2-11-9(5-8)3-4-18-11/h1-2,5,10H,3-4,6-7H2. The molecule has 0 saturated heterocycles. The van der Waals surface area contributed by atoms with Crippen LogP contribution in [0.1, 0.15) is 16.5 Å². The number of fused-ring (bicyclic) bond motifs is 1. The smallest absolute Gasteiger partial charge is 0.411 e. The molecule has 0 bridgehead atoms. The average Bonchev–Trinajstić information content (AvgIpc) is 2.73. The van der Waals surface area contributed by atoms with Gasteiger partial charge in [-0.2, -0.15) is 13.2 Å². The van der Waals surface area contributed by atoms with Crippen LogP contribution < -0.4 is 4.74 Å². The Balaban J connectivity index is 1.91. The van der Waals surface area contributed by atoms with Gasteiger partial charge in [-0.1, -0.05) is 12.1 Å². The van der Waals surface area contributed by atoms with Crippen LogP contribution in [0.3, 0.4) is 0 Å². The Bertz CT molecular complexity index is 420. The summed E-state index contributed by atoms with van der Waals surface area (Å²) >= 11 is 6.00. The van der Waals surface area contributed by atoms with Gasteiger partial charge in [0.1, 0.15) is 12.4 Å². The van der Waals surface area contributed by atoms with Crippen LogP contribution in [0.2, 0.25) is 0 Å². The second kappa shape index (κ2) is 5.36. The minimum Gasteiger partial charge on any atom is -0.493 e. The first-order valence-corrected chi connectivity index (χ1v) is 5.93. The number of hydrogen-bond acceptors (Lipinski definition) is 2. The van der Waals surface area contributed by atoms with Crippen molar-refractivity contribution in [2.24, 2.45) is 0 Å². The lowest BCUT2D eigenvalue weighted by atomic mass is 10.1. The molecule has 0 N–H and O–H groups in total. The van der Waals surface area contributed by atoms with Crippen LogP contribution >= 0.6 is 11.6 Å². The maximum absolute atomic E-state index is 11.9. The highest BCUT2D eigenvalue weighted by molar-refractivity contribution is 6.20. The van der Waals surface area contributed by atoms with Gasteiger partial charge in [-0.05, 0) is 17.2 Å². The molecule has 1 unspecified atom stereocenters. The molecule has 1 aliphatic heterocycles. The molecule has 2 nitrogen and oxygen atoms in total. The van der Waals surface area contributed by atoms with E-state index < -0.39 is 18.2 Å². The Labute approximate surface area is 108 Å². The average molecular weight is 281 g/mol. The number of rotatable bonds is 4. The number of benzene rings is 1. The van der Waals surface area contributed by atoms with E-state index in [0.29, 0.717) is 6.61 Å². The van der Waals surface area contributed by atoms with Crippen molar-refractivity contribution >= 4 is 11.6 Å². The van der Waals surface area contributed by atoms with Crippen LogP contribution in [0.25, 0.3) is 0 Å². The molecule has 0 saturated carbocycles. The number of hydrogen-bond donors (Lipinski definition) is 0. The molecular formula is C12H12ClF3O2. The summed E-state index contributed by atoms with van der Waals surface area (Å²) in [5.74, 6) is 0.818. The van der Waals surface area contributed by atoms with E-state index in [0.717, 1.165) is 23.3 Å². The fourth-order valence-electron chi connectivity index (χ4n) is 1.78. The summed E-state index contributed by atoms with van der Waals surface area (Å²) in [6, 6.07) is 5.40. The molecule has 1 aliphatic rings. The normalized spacial score (nSPS) is 16.2. The Morgan fingerprint density at radius 3 is 2.89 bits per heavy atom. The van der Waals surface area contributed by atoms with Crippen LogP contribution in [0, 0.1) is 0 Å². The first-order chi connectivity index (χ1) is 8.46. The minimum absolute atomic E-state index is 0.166.